The topological polar surface area (TPSA) is 61.9 Å². The second-order valence-electron chi connectivity index (χ2n) is 6.28. The lowest BCUT2D eigenvalue weighted by Gasteiger charge is -2.35. The molecule has 6 nitrogen and oxygen atoms in total. The van der Waals surface area contributed by atoms with E-state index in [-0.39, 0.29) is 35.2 Å². The number of anilines is 1. The third-order valence-electron chi connectivity index (χ3n) is 4.46. The lowest BCUT2D eigenvalue weighted by molar-refractivity contribution is -0.142. The minimum Gasteiger partial charge on any atom is -0.368 e. The molecule has 1 N–H and O–H groups in total. The van der Waals surface area contributed by atoms with Gasteiger partial charge in [-0.2, -0.15) is 0 Å². The summed E-state index contributed by atoms with van der Waals surface area (Å²) < 4.78 is 19.1. The van der Waals surface area contributed by atoms with Gasteiger partial charge in [-0.15, -0.1) is 0 Å². The highest BCUT2D eigenvalue weighted by molar-refractivity contribution is 6.30. The van der Waals surface area contributed by atoms with Gasteiger partial charge in [0.25, 0.3) is 5.91 Å². The van der Waals surface area contributed by atoms with Gasteiger partial charge in [0.05, 0.1) is 12.2 Å². The molecular weight excluding hydrogens is 349 g/mol. The first-order chi connectivity index (χ1) is 12.0. The average Bonchev–Trinajstić information content (AvgIpc) is 3.12. The third-order valence-corrected chi connectivity index (χ3v) is 4.70. The Morgan fingerprint density at radius 1 is 1.28 bits per heavy atom. The molecule has 1 aromatic carbocycles. The van der Waals surface area contributed by atoms with E-state index in [0.29, 0.717) is 32.8 Å². The fourth-order valence-electron chi connectivity index (χ4n) is 3.09. The first kappa shape index (κ1) is 18.1. The van der Waals surface area contributed by atoms with Crippen molar-refractivity contribution in [3.63, 3.8) is 0 Å². The van der Waals surface area contributed by atoms with E-state index in [4.69, 9.17) is 16.3 Å². The molecule has 2 saturated heterocycles. The summed E-state index contributed by atoms with van der Waals surface area (Å²) in [6.45, 7) is 3.16. The lowest BCUT2D eigenvalue weighted by Crippen LogP contribution is -2.52. The molecule has 2 aliphatic rings. The second kappa shape index (κ2) is 8.12. The van der Waals surface area contributed by atoms with Crippen molar-refractivity contribution in [3.8, 4) is 0 Å². The van der Waals surface area contributed by atoms with Crippen LogP contribution in [0.4, 0.5) is 10.1 Å². The number of piperazine rings is 1. The minimum atomic E-state index is -0.562. The molecule has 2 amide bonds. The van der Waals surface area contributed by atoms with E-state index in [1.807, 2.05) is 4.90 Å². The summed E-state index contributed by atoms with van der Waals surface area (Å²) in [5.74, 6) is -0.808. The first-order valence-corrected chi connectivity index (χ1v) is 8.78. The maximum Gasteiger partial charge on any atom is 0.251 e. The van der Waals surface area contributed by atoms with Gasteiger partial charge in [0.2, 0.25) is 5.91 Å². The average molecular weight is 370 g/mol. The Morgan fingerprint density at radius 2 is 2.04 bits per heavy atom. The molecule has 25 heavy (non-hydrogen) atoms. The van der Waals surface area contributed by atoms with Crippen LogP contribution in [0.1, 0.15) is 12.8 Å². The zero-order valence-electron chi connectivity index (χ0n) is 13.8. The highest BCUT2D eigenvalue weighted by Crippen LogP contribution is 2.19. The van der Waals surface area contributed by atoms with Gasteiger partial charge in [0.1, 0.15) is 11.9 Å². The van der Waals surface area contributed by atoms with Crippen molar-refractivity contribution in [2.45, 2.75) is 18.9 Å². The van der Waals surface area contributed by atoms with Crippen LogP contribution >= 0.6 is 11.6 Å². The Morgan fingerprint density at radius 3 is 2.68 bits per heavy atom. The number of nitrogens with zero attached hydrogens (tertiary/aromatic N) is 2. The molecule has 136 valence electrons. The van der Waals surface area contributed by atoms with E-state index in [9.17, 15) is 14.0 Å². The maximum atomic E-state index is 13.7. The summed E-state index contributed by atoms with van der Waals surface area (Å²) >= 11 is 5.69. The van der Waals surface area contributed by atoms with Crippen molar-refractivity contribution in [2.24, 2.45) is 0 Å². The largest absolute Gasteiger partial charge is 0.368 e. The molecule has 0 aliphatic carbocycles. The van der Waals surface area contributed by atoms with E-state index in [0.717, 1.165) is 18.9 Å². The van der Waals surface area contributed by atoms with Gasteiger partial charge in [0.15, 0.2) is 0 Å². The van der Waals surface area contributed by atoms with Crippen molar-refractivity contribution in [2.75, 3.05) is 44.6 Å². The summed E-state index contributed by atoms with van der Waals surface area (Å²) in [6.07, 6.45) is 1.41. The second-order valence-corrected chi connectivity index (χ2v) is 6.71. The van der Waals surface area contributed by atoms with Crippen molar-refractivity contribution >= 4 is 29.1 Å². The van der Waals surface area contributed by atoms with Gasteiger partial charge >= 0.3 is 0 Å². The number of halogens is 2. The molecule has 1 atom stereocenters. The Labute approximate surface area is 150 Å². The quantitative estimate of drug-likeness (QED) is 0.878. The normalized spacial score (nSPS) is 21.4. The van der Waals surface area contributed by atoms with Crippen molar-refractivity contribution < 1.29 is 18.7 Å². The molecular formula is C17H21ClFN3O3. The van der Waals surface area contributed by atoms with Crippen LogP contribution in [0.3, 0.4) is 0 Å². The van der Waals surface area contributed by atoms with E-state index in [1.165, 1.54) is 12.1 Å². The van der Waals surface area contributed by atoms with E-state index in [2.05, 4.69) is 5.32 Å². The third kappa shape index (κ3) is 4.68. The fourth-order valence-corrected chi connectivity index (χ4v) is 3.24. The van der Waals surface area contributed by atoms with Crippen molar-refractivity contribution in [1.82, 2.24) is 9.80 Å². The predicted octanol–water partition coefficient (Wildman–Crippen LogP) is 1.74. The zero-order valence-corrected chi connectivity index (χ0v) is 14.6. The number of hydrogen-bond acceptors (Lipinski definition) is 4. The maximum absolute atomic E-state index is 13.7. The molecule has 1 aromatic rings. The molecule has 1 unspecified atom stereocenters. The summed E-state index contributed by atoms with van der Waals surface area (Å²) in [5.41, 5.74) is 0.113. The molecule has 2 aliphatic heterocycles. The number of nitrogens with one attached hydrogen (secondary N) is 1. The number of ether oxygens (including phenoxy) is 1. The van der Waals surface area contributed by atoms with Crippen LogP contribution in [0, 0.1) is 5.82 Å². The van der Waals surface area contributed by atoms with Crippen molar-refractivity contribution in [3.05, 3.63) is 29.0 Å². The number of carbonyl (C=O) groups excluding carboxylic acids is 2. The van der Waals surface area contributed by atoms with Gasteiger partial charge in [-0.05, 0) is 31.0 Å². The van der Waals surface area contributed by atoms with Crippen LogP contribution in [0.5, 0.6) is 0 Å². The summed E-state index contributed by atoms with van der Waals surface area (Å²) in [6, 6.07) is 4.12. The number of carbonyl (C=O) groups is 2. The van der Waals surface area contributed by atoms with E-state index < -0.39 is 5.82 Å². The minimum absolute atomic E-state index is 0.0461. The molecule has 2 fully saturated rings. The Kier molecular flexibility index (Phi) is 5.88. The first-order valence-electron chi connectivity index (χ1n) is 8.40. The van der Waals surface area contributed by atoms with Crippen LogP contribution in [-0.4, -0.2) is 67.0 Å². The van der Waals surface area contributed by atoms with Crippen molar-refractivity contribution in [1.29, 1.82) is 0 Å². The highest BCUT2D eigenvalue weighted by atomic mass is 35.5. The smallest absolute Gasteiger partial charge is 0.251 e. The number of hydrogen-bond donors (Lipinski definition) is 1. The van der Waals surface area contributed by atoms with E-state index in [1.54, 1.807) is 4.90 Å². The zero-order chi connectivity index (χ0) is 17.8. The standard InChI is InChI=1S/C17H21ClFN3O3/c18-12-3-4-14(13(19)10-12)20-16(23)11-21-5-7-22(8-6-21)17(24)15-2-1-9-25-15/h3-4,10,15H,1-2,5-9,11H2,(H,20,23). The molecule has 8 heteroatoms. The van der Waals surface area contributed by atoms with Crippen LogP contribution in [0.2, 0.25) is 5.02 Å². The van der Waals surface area contributed by atoms with Crippen LogP contribution < -0.4 is 5.32 Å². The molecule has 0 aromatic heterocycles. The molecule has 0 radical (unpaired) electrons. The van der Waals surface area contributed by atoms with Crippen LogP contribution in [0.25, 0.3) is 0 Å². The van der Waals surface area contributed by atoms with Crippen LogP contribution in [-0.2, 0) is 14.3 Å². The van der Waals surface area contributed by atoms with Gasteiger partial charge in [0, 0.05) is 37.8 Å². The monoisotopic (exact) mass is 369 g/mol. The Bertz CT molecular complexity index is 644. The molecule has 0 saturated carbocycles. The van der Waals surface area contributed by atoms with E-state index >= 15 is 0 Å². The van der Waals surface area contributed by atoms with Gasteiger partial charge in [-0.1, -0.05) is 11.6 Å². The number of rotatable bonds is 4. The van der Waals surface area contributed by atoms with Crippen LogP contribution in [0.15, 0.2) is 18.2 Å². The number of amides is 2. The molecule has 3 rings (SSSR count). The Balaban J connectivity index is 1.45. The lowest BCUT2D eigenvalue weighted by atomic mass is 10.2. The molecule has 2 heterocycles. The van der Waals surface area contributed by atoms with Gasteiger partial charge in [-0.3, -0.25) is 14.5 Å². The Hall–Kier alpha value is -1.70. The summed E-state index contributed by atoms with van der Waals surface area (Å²) in [7, 11) is 0. The predicted molar refractivity (Wildman–Crippen MR) is 92.0 cm³/mol. The van der Waals surface area contributed by atoms with Gasteiger partial charge < -0.3 is 15.0 Å². The molecule has 0 bridgehead atoms. The number of benzene rings is 1. The molecule has 0 spiro atoms. The summed E-state index contributed by atoms with van der Waals surface area (Å²) in [5, 5.41) is 2.83. The summed E-state index contributed by atoms with van der Waals surface area (Å²) in [4.78, 5) is 28.1. The highest BCUT2D eigenvalue weighted by Gasteiger charge is 2.30. The fraction of sp³-hybridized carbons (Fsp3) is 0.529. The van der Waals surface area contributed by atoms with Gasteiger partial charge in [-0.25, -0.2) is 4.39 Å². The SMILES string of the molecule is O=C(CN1CCN(C(=O)C2CCCO2)CC1)Nc1ccc(Cl)cc1F.